The van der Waals surface area contributed by atoms with E-state index in [1.807, 2.05) is 47.7 Å². The zero-order valence-electron chi connectivity index (χ0n) is 30.1. The van der Waals surface area contributed by atoms with Crippen molar-refractivity contribution < 1.29 is 4.74 Å². The molecular weight excluding hydrogens is 705 g/mol. The summed E-state index contributed by atoms with van der Waals surface area (Å²) in [5.74, 6) is 2.77. The van der Waals surface area contributed by atoms with Gasteiger partial charge in [0.05, 0.1) is 5.69 Å². The van der Waals surface area contributed by atoms with Crippen molar-refractivity contribution in [2.75, 3.05) is 5.32 Å². The van der Waals surface area contributed by atoms with Crippen molar-refractivity contribution in [3.05, 3.63) is 188 Å². The topological polar surface area (TPSA) is 59.9 Å². The van der Waals surface area contributed by atoms with Crippen molar-refractivity contribution in [2.45, 2.75) is 6.23 Å². The fourth-order valence-electron chi connectivity index (χ4n) is 7.73. The molecule has 0 saturated heterocycles. The Morgan fingerprint density at radius 3 is 1.82 bits per heavy atom. The Hall–Kier alpha value is -7.15. The van der Waals surface area contributed by atoms with Gasteiger partial charge in [-0.25, -0.2) is 15.0 Å². The smallest absolute Gasteiger partial charge is 0.196 e. The number of thiophene rings is 1. The molecule has 10 aromatic rings. The highest BCUT2D eigenvalue weighted by Gasteiger charge is 2.25. The summed E-state index contributed by atoms with van der Waals surface area (Å²) in [5, 5.41) is 8.46. The third kappa shape index (κ3) is 5.75. The fourth-order valence-corrected chi connectivity index (χ4v) is 8.99. The van der Waals surface area contributed by atoms with Gasteiger partial charge < -0.3 is 10.1 Å². The van der Waals surface area contributed by atoms with E-state index in [4.69, 9.17) is 19.7 Å². The molecule has 0 aliphatic carbocycles. The molecule has 6 heteroatoms. The standard InChI is InChI=1S/C50H32N4OS/c1-3-12-31(13-4-1)35-18-9-20-37(26-35)48-52-47(33-15-5-2-6-16-33)53-49(54-48)38-21-10-19-36(28-38)40-22-11-23-41-42-29-44-43(30-45(42)56-46(40)41)51-50(55-44)39-25-24-32-14-7-8-17-34(32)27-39/h1-30,50-51H. The lowest BCUT2D eigenvalue weighted by Gasteiger charge is -2.12. The summed E-state index contributed by atoms with van der Waals surface area (Å²) in [7, 11) is 0. The van der Waals surface area contributed by atoms with E-state index in [0.29, 0.717) is 17.5 Å². The van der Waals surface area contributed by atoms with E-state index < -0.39 is 0 Å². The first-order chi connectivity index (χ1) is 27.7. The van der Waals surface area contributed by atoms with Gasteiger partial charge in [0.15, 0.2) is 23.7 Å². The maximum Gasteiger partial charge on any atom is 0.196 e. The van der Waals surface area contributed by atoms with Gasteiger partial charge in [-0.1, -0.05) is 152 Å². The molecule has 11 rings (SSSR count). The molecule has 8 aromatic carbocycles. The maximum absolute atomic E-state index is 6.53. The monoisotopic (exact) mass is 736 g/mol. The second-order valence-electron chi connectivity index (χ2n) is 14.1. The average molecular weight is 737 g/mol. The Morgan fingerprint density at radius 1 is 0.446 bits per heavy atom. The van der Waals surface area contributed by atoms with Crippen LogP contribution in [-0.2, 0) is 0 Å². The molecule has 0 amide bonds. The maximum atomic E-state index is 6.53. The molecule has 264 valence electrons. The third-order valence-electron chi connectivity index (χ3n) is 10.5. The molecule has 1 unspecified atom stereocenters. The second-order valence-corrected chi connectivity index (χ2v) is 15.1. The molecule has 1 N–H and O–H groups in total. The van der Waals surface area contributed by atoms with E-state index >= 15 is 0 Å². The van der Waals surface area contributed by atoms with E-state index in [2.05, 4.69) is 151 Å². The van der Waals surface area contributed by atoms with Gasteiger partial charge in [-0.15, -0.1) is 11.3 Å². The van der Waals surface area contributed by atoms with Gasteiger partial charge in [-0.05, 0) is 63.4 Å². The Balaban J connectivity index is 0.967. The largest absolute Gasteiger partial charge is 0.464 e. The van der Waals surface area contributed by atoms with Crippen molar-refractivity contribution >= 4 is 48.0 Å². The molecule has 2 aromatic heterocycles. The minimum atomic E-state index is -0.234. The number of fused-ring (bicyclic) bond motifs is 5. The quantitative estimate of drug-likeness (QED) is 0.184. The summed E-state index contributed by atoms with van der Waals surface area (Å²) < 4.78 is 8.98. The first kappa shape index (κ1) is 32.3. The summed E-state index contributed by atoms with van der Waals surface area (Å²) in [4.78, 5) is 15.2. The Labute approximate surface area is 327 Å². The van der Waals surface area contributed by atoms with Crippen LogP contribution in [0.15, 0.2) is 182 Å². The van der Waals surface area contributed by atoms with Crippen LogP contribution >= 0.6 is 11.3 Å². The van der Waals surface area contributed by atoms with Crippen molar-refractivity contribution in [2.24, 2.45) is 0 Å². The van der Waals surface area contributed by atoms with Crippen molar-refractivity contribution in [1.82, 2.24) is 15.0 Å². The molecule has 1 aliphatic rings. The van der Waals surface area contributed by atoms with Crippen LogP contribution in [-0.4, -0.2) is 15.0 Å². The molecular formula is C50H32N4OS. The first-order valence-corrected chi connectivity index (χ1v) is 19.5. The van der Waals surface area contributed by atoms with Crippen LogP contribution in [0.1, 0.15) is 11.8 Å². The number of aromatic nitrogens is 3. The summed E-state index contributed by atoms with van der Waals surface area (Å²) in [6.07, 6.45) is -0.234. The molecule has 1 atom stereocenters. The van der Waals surface area contributed by atoms with Gasteiger partial charge in [0.2, 0.25) is 0 Å². The summed E-state index contributed by atoms with van der Waals surface area (Å²) >= 11 is 1.81. The zero-order valence-corrected chi connectivity index (χ0v) is 30.9. The molecule has 56 heavy (non-hydrogen) atoms. The predicted octanol–water partition coefficient (Wildman–Crippen LogP) is 13.2. The summed E-state index contributed by atoms with van der Waals surface area (Å²) in [5.41, 5.74) is 9.46. The molecule has 0 spiro atoms. The Kier molecular flexibility index (Phi) is 7.67. The first-order valence-electron chi connectivity index (χ1n) is 18.7. The lowest BCUT2D eigenvalue weighted by Crippen LogP contribution is -2.09. The van der Waals surface area contributed by atoms with Gasteiger partial charge >= 0.3 is 0 Å². The summed E-state index contributed by atoms with van der Waals surface area (Å²) in [6.45, 7) is 0. The lowest BCUT2D eigenvalue weighted by atomic mass is 10.00. The van der Waals surface area contributed by atoms with Crippen molar-refractivity contribution in [3.8, 4) is 62.2 Å². The minimum Gasteiger partial charge on any atom is -0.464 e. The average Bonchev–Trinajstić information content (AvgIpc) is 3.86. The number of nitrogens with zero attached hydrogens (tertiary/aromatic N) is 3. The molecule has 1 aliphatic heterocycles. The highest BCUT2D eigenvalue weighted by Crippen LogP contribution is 2.47. The molecule has 0 radical (unpaired) electrons. The molecule has 0 fully saturated rings. The van der Waals surface area contributed by atoms with Gasteiger partial charge in [0.1, 0.15) is 5.75 Å². The number of anilines is 1. The van der Waals surface area contributed by atoms with Gasteiger partial charge in [0.25, 0.3) is 0 Å². The van der Waals surface area contributed by atoms with Crippen LogP contribution in [0, 0.1) is 0 Å². The van der Waals surface area contributed by atoms with Gasteiger partial charge in [-0.3, -0.25) is 0 Å². The number of hydrogen-bond donors (Lipinski definition) is 1. The van der Waals surface area contributed by atoms with Gasteiger partial charge in [0, 0.05) is 42.4 Å². The van der Waals surface area contributed by atoms with E-state index in [9.17, 15) is 0 Å². The lowest BCUT2D eigenvalue weighted by molar-refractivity contribution is 0.260. The summed E-state index contributed by atoms with van der Waals surface area (Å²) in [6, 6.07) is 63.4. The Morgan fingerprint density at radius 2 is 1.05 bits per heavy atom. The van der Waals surface area contributed by atoms with E-state index in [0.717, 1.165) is 50.4 Å². The van der Waals surface area contributed by atoms with Gasteiger partial charge in [-0.2, -0.15) is 0 Å². The SMILES string of the molecule is c1ccc(-c2cccc(-c3nc(-c4ccccc4)nc(-c4cccc(-c5cccc6c5sc5cc7c(cc56)OC(c5ccc6ccccc6c5)N7)c4)n3)c2)cc1. The molecule has 5 nitrogen and oxygen atoms in total. The van der Waals surface area contributed by atoms with Crippen LogP contribution in [0.4, 0.5) is 5.69 Å². The van der Waals surface area contributed by atoms with E-state index in [-0.39, 0.29) is 6.23 Å². The van der Waals surface area contributed by atoms with Crippen LogP contribution in [0.25, 0.3) is 87.4 Å². The van der Waals surface area contributed by atoms with E-state index in [1.165, 1.54) is 36.5 Å². The zero-order chi connectivity index (χ0) is 37.0. The Bertz CT molecular complexity index is 3110. The molecule has 0 bridgehead atoms. The van der Waals surface area contributed by atoms with E-state index in [1.54, 1.807) is 0 Å². The number of nitrogens with one attached hydrogen (secondary N) is 1. The highest BCUT2D eigenvalue weighted by atomic mass is 32.1. The van der Waals surface area contributed by atoms with Crippen molar-refractivity contribution in [3.63, 3.8) is 0 Å². The van der Waals surface area contributed by atoms with Crippen LogP contribution < -0.4 is 10.1 Å². The van der Waals surface area contributed by atoms with Crippen LogP contribution in [0.2, 0.25) is 0 Å². The predicted molar refractivity (Wildman–Crippen MR) is 231 cm³/mol. The number of ether oxygens (including phenoxy) is 1. The number of benzene rings is 8. The number of rotatable bonds is 6. The third-order valence-corrected chi connectivity index (χ3v) is 11.7. The van der Waals surface area contributed by atoms with Crippen LogP contribution in [0.3, 0.4) is 0 Å². The molecule has 3 heterocycles. The number of hydrogen-bond acceptors (Lipinski definition) is 6. The highest BCUT2D eigenvalue weighted by molar-refractivity contribution is 7.26. The normalized spacial score (nSPS) is 13.5. The molecule has 0 saturated carbocycles. The fraction of sp³-hybridized carbons (Fsp3) is 0.0200. The van der Waals surface area contributed by atoms with Crippen molar-refractivity contribution in [1.29, 1.82) is 0 Å². The van der Waals surface area contributed by atoms with Crippen LogP contribution in [0.5, 0.6) is 5.75 Å². The second kappa shape index (κ2) is 13.3. The minimum absolute atomic E-state index is 0.234.